The lowest BCUT2D eigenvalue weighted by molar-refractivity contribution is 0.491. The maximum Gasteiger partial charge on any atom is 0.241 e. The molecule has 0 aliphatic carbocycles. The molecule has 8 heteroatoms. The van der Waals surface area contributed by atoms with E-state index in [2.05, 4.69) is 9.71 Å². The molecule has 1 heterocycles. The Bertz CT molecular complexity index is 1170. The third-order valence-corrected chi connectivity index (χ3v) is 5.97. The first-order chi connectivity index (χ1) is 13.5. The summed E-state index contributed by atoms with van der Waals surface area (Å²) in [4.78, 5) is 4.04. The molecule has 0 amide bonds. The van der Waals surface area contributed by atoms with Crippen LogP contribution in [0.5, 0.6) is 0 Å². The number of nitrogens with one attached hydrogen (secondary N) is 1. The fraction of sp³-hybridized carbons (Fsp3) is 0.227. The number of nitrogens with zero attached hydrogens (tertiary/aromatic N) is 1. The number of aromatic nitrogens is 1. The zero-order valence-electron chi connectivity index (χ0n) is 16.4. The van der Waals surface area contributed by atoms with Crippen molar-refractivity contribution >= 4 is 21.5 Å². The van der Waals surface area contributed by atoms with Gasteiger partial charge in [0.2, 0.25) is 10.0 Å². The predicted octanol–water partition coefficient (Wildman–Crippen LogP) is 4.43. The average Bonchev–Trinajstić information content (AvgIpc) is 2.62. The van der Waals surface area contributed by atoms with E-state index in [9.17, 15) is 12.8 Å². The van der Waals surface area contributed by atoms with Gasteiger partial charge in [-0.05, 0) is 44.5 Å². The van der Waals surface area contributed by atoms with E-state index in [1.807, 2.05) is 0 Å². The lowest BCUT2D eigenvalue weighted by atomic mass is 10.0. The zero-order chi connectivity index (χ0) is 21.4. The molecule has 1 aromatic heterocycles. The molecular formula is C22H27FN4O2S. The molecule has 0 aliphatic heterocycles. The number of nitrogens with two attached hydrogens (primary N) is 2. The molecule has 0 radical (unpaired) electrons. The molecule has 160 valence electrons. The Morgan fingerprint density at radius 1 is 0.967 bits per heavy atom. The van der Waals surface area contributed by atoms with Crippen LogP contribution in [0.1, 0.15) is 28.2 Å². The van der Waals surface area contributed by atoms with Crippen molar-refractivity contribution in [1.82, 2.24) is 9.71 Å². The second-order valence-corrected chi connectivity index (χ2v) is 9.40. The van der Waals surface area contributed by atoms with E-state index >= 15 is 0 Å². The highest BCUT2D eigenvalue weighted by Crippen LogP contribution is 2.32. The van der Waals surface area contributed by atoms with Crippen molar-refractivity contribution in [3.63, 3.8) is 0 Å². The van der Waals surface area contributed by atoms with E-state index in [1.165, 1.54) is 18.3 Å². The summed E-state index contributed by atoms with van der Waals surface area (Å²) >= 11 is 0. The monoisotopic (exact) mass is 430 g/mol. The Morgan fingerprint density at radius 2 is 1.63 bits per heavy atom. The molecule has 2 aromatic carbocycles. The molecule has 0 saturated heterocycles. The molecular weight excluding hydrogens is 403 g/mol. The first kappa shape index (κ1) is 23.3. The smallest absolute Gasteiger partial charge is 0.241 e. The van der Waals surface area contributed by atoms with Crippen molar-refractivity contribution in [1.29, 1.82) is 0 Å². The van der Waals surface area contributed by atoms with E-state index in [-0.39, 0.29) is 23.8 Å². The lowest BCUT2D eigenvalue weighted by Crippen LogP contribution is -2.40. The maximum atomic E-state index is 14.9. The van der Waals surface area contributed by atoms with E-state index in [0.717, 1.165) is 0 Å². The van der Waals surface area contributed by atoms with Gasteiger partial charge in [0.15, 0.2) is 0 Å². The zero-order valence-corrected chi connectivity index (χ0v) is 17.2. The molecule has 5 N–H and O–H groups in total. The Balaban J connectivity index is 0.00000320. The SMILES string of the molecule is C.CC(C)(C)NS(=O)(=O)c1ccccc1-c1ccc(-c2cnc(N)c(N)c2)c(F)c1. The fourth-order valence-corrected chi connectivity index (χ4v) is 4.60. The fourth-order valence-electron chi connectivity index (χ4n) is 2.95. The third kappa shape index (κ3) is 4.95. The second-order valence-electron chi connectivity index (χ2n) is 7.74. The van der Waals surface area contributed by atoms with Gasteiger partial charge in [0.1, 0.15) is 11.6 Å². The van der Waals surface area contributed by atoms with Crippen LogP contribution < -0.4 is 16.2 Å². The number of halogens is 1. The molecule has 6 nitrogen and oxygen atoms in total. The summed E-state index contributed by atoms with van der Waals surface area (Å²) in [6, 6.07) is 12.6. The van der Waals surface area contributed by atoms with Gasteiger partial charge in [-0.15, -0.1) is 0 Å². The molecule has 0 saturated carbocycles. The van der Waals surface area contributed by atoms with Crippen LogP contribution in [-0.2, 0) is 10.0 Å². The number of benzene rings is 2. The van der Waals surface area contributed by atoms with Crippen LogP contribution in [0, 0.1) is 5.82 Å². The summed E-state index contributed by atoms with van der Waals surface area (Å²) < 4.78 is 43.2. The minimum absolute atomic E-state index is 0. The van der Waals surface area contributed by atoms with Gasteiger partial charge in [0, 0.05) is 28.4 Å². The predicted molar refractivity (Wildman–Crippen MR) is 121 cm³/mol. The number of rotatable bonds is 4. The van der Waals surface area contributed by atoms with Gasteiger partial charge in [0.05, 0.1) is 10.6 Å². The van der Waals surface area contributed by atoms with Crippen LogP contribution in [0.2, 0.25) is 0 Å². The van der Waals surface area contributed by atoms with Crippen LogP contribution in [0.25, 0.3) is 22.3 Å². The summed E-state index contributed by atoms with van der Waals surface area (Å²) in [7, 11) is -3.80. The van der Waals surface area contributed by atoms with Gasteiger partial charge in [0.25, 0.3) is 0 Å². The van der Waals surface area contributed by atoms with Gasteiger partial charge < -0.3 is 11.5 Å². The highest BCUT2D eigenvalue weighted by molar-refractivity contribution is 7.89. The topological polar surface area (TPSA) is 111 Å². The number of hydrogen-bond acceptors (Lipinski definition) is 5. The van der Waals surface area contributed by atoms with Gasteiger partial charge >= 0.3 is 0 Å². The van der Waals surface area contributed by atoms with Crippen LogP contribution >= 0.6 is 0 Å². The summed E-state index contributed by atoms with van der Waals surface area (Å²) in [6.07, 6.45) is 1.44. The minimum atomic E-state index is -3.80. The minimum Gasteiger partial charge on any atom is -0.396 e. The highest BCUT2D eigenvalue weighted by atomic mass is 32.2. The Morgan fingerprint density at radius 3 is 2.23 bits per heavy atom. The first-order valence-corrected chi connectivity index (χ1v) is 10.4. The molecule has 0 fully saturated rings. The number of hydrogen-bond donors (Lipinski definition) is 3. The highest BCUT2D eigenvalue weighted by Gasteiger charge is 2.25. The van der Waals surface area contributed by atoms with E-state index < -0.39 is 21.4 Å². The van der Waals surface area contributed by atoms with E-state index in [1.54, 1.807) is 57.2 Å². The van der Waals surface area contributed by atoms with Crippen LogP contribution in [0.4, 0.5) is 15.9 Å². The first-order valence-electron chi connectivity index (χ1n) is 8.92. The molecule has 0 aliphatic rings. The average molecular weight is 431 g/mol. The van der Waals surface area contributed by atoms with Crippen molar-refractivity contribution in [3.05, 3.63) is 60.5 Å². The molecule has 3 rings (SSSR count). The third-order valence-electron chi connectivity index (χ3n) is 4.16. The number of nitrogen functional groups attached to an aromatic ring is 2. The second kappa shape index (κ2) is 8.41. The van der Waals surface area contributed by atoms with Crippen LogP contribution in [-0.4, -0.2) is 18.9 Å². The quantitative estimate of drug-likeness (QED) is 0.567. The largest absolute Gasteiger partial charge is 0.396 e. The molecule has 3 aromatic rings. The van der Waals surface area contributed by atoms with Gasteiger partial charge in [-0.25, -0.2) is 22.5 Å². The van der Waals surface area contributed by atoms with Crippen molar-refractivity contribution in [3.8, 4) is 22.3 Å². The molecule has 0 bridgehead atoms. The number of pyridine rings is 1. The normalized spacial score (nSPS) is 11.7. The van der Waals surface area contributed by atoms with Gasteiger partial charge in [-0.2, -0.15) is 0 Å². The van der Waals surface area contributed by atoms with Crippen molar-refractivity contribution in [2.45, 2.75) is 38.6 Å². The van der Waals surface area contributed by atoms with Crippen LogP contribution in [0.3, 0.4) is 0 Å². The standard InChI is InChI=1S/C21H23FN4O2S.CH4/c1-21(2,3)26-29(27,28)19-7-5-4-6-16(19)13-8-9-15(17(22)10-13)14-11-18(23)20(24)25-12-14;/h4-12,26H,23H2,1-3H3,(H2,24,25);1H4. The maximum absolute atomic E-state index is 14.9. The summed E-state index contributed by atoms with van der Waals surface area (Å²) in [5, 5.41) is 0. The Labute approximate surface area is 177 Å². The summed E-state index contributed by atoms with van der Waals surface area (Å²) in [5.41, 5.74) is 12.6. The van der Waals surface area contributed by atoms with E-state index in [0.29, 0.717) is 22.3 Å². The number of anilines is 2. The summed E-state index contributed by atoms with van der Waals surface area (Å²) in [6.45, 7) is 5.27. The Kier molecular flexibility index (Phi) is 6.54. The van der Waals surface area contributed by atoms with Crippen LogP contribution in [0.15, 0.2) is 59.6 Å². The summed E-state index contributed by atoms with van der Waals surface area (Å²) in [5.74, 6) is -0.347. The molecule has 0 unspecified atom stereocenters. The van der Waals surface area contributed by atoms with Gasteiger partial charge in [-0.1, -0.05) is 37.8 Å². The van der Waals surface area contributed by atoms with Crippen molar-refractivity contribution < 1.29 is 12.8 Å². The molecule has 30 heavy (non-hydrogen) atoms. The van der Waals surface area contributed by atoms with Crippen molar-refractivity contribution in [2.24, 2.45) is 0 Å². The number of sulfonamides is 1. The molecule has 0 atom stereocenters. The van der Waals surface area contributed by atoms with Crippen molar-refractivity contribution in [2.75, 3.05) is 11.5 Å². The van der Waals surface area contributed by atoms with Gasteiger partial charge in [-0.3, -0.25) is 0 Å². The lowest BCUT2D eigenvalue weighted by Gasteiger charge is -2.21. The molecule has 0 spiro atoms. The van der Waals surface area contributed by atoms with E-state index in [4.69, 9.17) is 11.5 Å². The Hall–Kier alpha value is -2.97.